The van der Waals surface area contributed by atoms with E-state index in [1.165, 1.54) is 11.1 Å². The third-order valence-electron chi connectivity index (χ3n) is 6.41. The van der Waals surface area contributed by atoms with Gasteiger partial charge in [-0.3, -0.25) is 0 Å². The van der Waals surface area contributed by atoms with Crippen molar-refractivity contribution in [3.05, 3.63) is 58.2 Å². The van der Waals surface area contributed by atoms with Crippen LogP contribution >= 0.6 is 0 Å². The second-order valence-corrected chi connectivity index (χ2v) is 9.64. The highest BCUT2D eigenvalue weighted by atomic mass is 16.7. The predicted molar refractivity (Wildman–Crippen MR) is 136 cm³/mol. The molecule has 7 heteroatoms. The molecule has 1 aromatic carbocycles. The molecule has 0 aliphatic carbocycles. The topological polar surface area (TPSA) is 120 Å². The molecule has 5 N–H and O–H groups in total. The van der Waals surface area contributed by atoms with Gasteiger partial charge in [0.25, 0.3) is 0 Å². The number of hydrogen-bond donors (Lipinski definition) is 5. The third kappa shape index (κ3) is 8.78. The number of phenolic OH excluding ortho intramolecular Hbond substituents is 1. The van der Waals surface area contributed by atoms with Gasteiger partial charge in [-0.1, -0.05) is 34.9 Å². The number of hydrogen-bond acceptors (Lipinski definition) is 7. The van der Waals surface area contributed by atoms with Crippen LogP contribution in [0.5, 0.6) is 11.5 Å². The van der Waals surface area contributed by atoms with Gasteiger partial charge in [-0.15, -0.1) is 0 Å². The van der Waals surface area contributed by atoms with Crippen LogP contribution in [0.25, 0.3) is 0 Å². The van der Waals surface area contributed by atoms with Gasteiger partial charge in [0.1, 0.15) is 29.8 Å². The van der Waals surface area contributed by atoms with Crippen molar-refractivity contribution in [2.45, 2.75) is 97.4 Å². The van der Waals surface area contributed by atoms with Crippen LogP contribution in [0.15, 0.2) is 47.1 Å². The van der Waals surface area contributed by atoms with E-state index < -0.39 is 30.7 Å². The Labute approximate surface area is 209 Å². The van der Waals surface area contributed by atoms with Crippen molar-refractivity contribution in [1.82, 2.24) is 0 Å². The monoisotopic (exact) mass is 490 g/mol. The molecule has 2 rings (SSSR count). The lowest BCUT2D eigenvalue weighted by Gasteiger charge is -2.39. The van der Waals surface area contributed by atoms with Crippen LogP contribution in [0, 0.1) is 6.92 Å². The average Bonchev–Trinajstić information content (AvgIpc) is 2.82. The van der Waals surface area contributed by atoms with Crippen molar-refractivity contribution in [3.63, 3.8) is 0 Å². The summed E-state index contributed by atoms with van der Waals surface area (Å²) >= 11 is 0. The summed E-state index contributed by atoms with van der Waals surface area (Å²) in [6, 6.07) is 3.33. The molecule has 1 saturated heterocycles. The third-order valence-corrected chi connectivity index (χ3v) is 6.41. The first-order chi connectivity index (χ1) is 16.5. The van der Waals surface area contributed by atoms with Gasteiger partial charge in [0.15, 0.2) is 0 Å². The number of allylic oxidation sites excluding steroid dienone is 5. The molecular formula is C28H42O7. The summed E-state index contributed by atoms with van der Waals surface area (Å²) in [6.45, 7) is 9.58. The molecule has 7 nitrogen and oxygen atoms in total. The maximum absolute atomic E-state index is 10.3. The number of rotatable bonds is 11. The van der Waals surface area contributed by atoms with Gasteiger partial charge in [-0.25, -0.2) is 0 Å². The largest absolute Gasteiger partial charge is 0.508 e. The van der Waals surface area contributed by atoms with Crippen LogP contribution in [-0.2, 0) is 11.2 Å². The van der Waals surface area contributed by atoms with Crippen LogP contribution in [0.2, 0.25) is 0 Å². The normalized spacial score (nSPS) is 26.2. The molecule has 1 heterocycles. The predicted octanol–water partition coefficient (Wildman–Crippen LogP) is 3.84. The standard InChI is InChI=1S/C28H42O7/c1-17(9-7-11-19(3)16-29)8-6-10-18(2)12-13-22-15-23(30)20(4)14-24(22)35-28-27(33)26(32)25(31)21(5)34-28/h8,11-12,14-15,21,25-33H,6-7,9-10,13,16H2,1-5H3/b17-8+,18-12+,19-11+/t21-,25-,26+,27+,28-/m0/s1. The van der Waals surface area contributed by atoms with E-state index in [-0.39, 0.29) is 12.4 Å². The molecule has 1 aliphatic heterocycles. The molecule has 0 radical (unpaired) electrons. The van der Waals surface area contributed by atoms with Crippen LogP contribution in [-0.4, -0.2) is 62.8 Å². The SMILES string of the molecule is C/C(=C\CC/C(C)=C/CC/C(C)=C/Cc1cc(O)c(C)cc1O[C@@H]1O[C@@H](C)[C@H](O)[C@@H](O)[C@H]1O)CO. The number of aliphatic hydroxyl groups is 4. The molecule has 1 aliphatic rings. The summed E-state index contributed by atoms with van der Waals surface area (Å²) in [5, 5.41) is 49.6. The minimum Gasteiger partial charge on any atom is -0.508 e. The first kappa shape index (κ1) is 29.1. The van der Waals surface area contributed by atoms with Crippen molar-refractivity contribution in [1.29, 1.82) is 0 Å². The fourth-order valence-electron chi connectivity index (χ4n) is 3.86. The fraction of sp³-hybridized carbons (Fsp3) is 0.571. The van der Waals surface area contributed by atoms with Crippen LogP contribution in [0.4, 0.5) is 0 Å². The van der Waals surface area contributed by atoms with Gasteiger partial charge in [-0.2, -0.15) is 0 Å². The maximum atomic E-state index is 10.3. The van der Waals surface area contributed by atoms with Gasteiger partial charge < -0.3 is 35.0 Å². The molecule has 0 bridgehead atoms. The number of ether oxygens (including phenoxy) is 2. The van der Waals surface area contributed by atoms with Crippen molar-refractivity contribution in [2.24, 2.45) is 0 Å². The first-order valence-corrected chi connectivity index (χ1v) is 12.3. The van der Waals surface area contributed by atoms with Gasteiger partial charge in [0, 0.05) is 5.56 Å². The fourth-order valence-corrected chi connectivity index (χ4v) is 3.86. The van der Waals surface area contributed by atoms with Crippen molar-refractivity contribution in [2.75, 3.05) is 6.61 Å². The van der Waals surface area contributed by atoms with E-state index in [2.05, 4.69) is 32.1 Å². The number of benzene rings is 1. The molecule has 0 spiro atoms. The summed E-state index contributed by atoms with van der Waals surface area (Å²) < 4.78 is 11.5. The lowest BCUT2D eigenvalue weighted by atomic mass is 9.99. The lowest BCUT2D eigenvalue weighted by Crippen LogP contribution is -2.58. The highest BCUT2D eigenvalue weighted by Crippen LogP contribution is 2.32. The van der Waals surface area contributed by atoms with Gasteiger partial charge in [0.2, 0.25) is 6.29 Å². The summed E-state index contributed by atoms with van der Waals surface area (Å²) in [4.78, 5) is 0. The first-order valence-electron chi connectivity index (χ1n) is 12.3. The second kappa shape index (κ2) is 13.8. The summed E-state index contributed by atoms with van der Waals surface area (Å²) in [5.74, 6) is 0.600. The quantitative estimate of drug-likeness (QED) is 0.299. The minimum absolute atomic E-state index is 0.108. The zero-order valence-electron chi connectivity index (χ0n) is 21.6. The Hall–Kier alpha value is -2.16. The average molecular weight is 491 g/mol. The zero-order chi connectivity index (χ0) is 26.1. The highest BCUT2D eigenvalue weighted by molar-refractivity contribution is 5.46. The van der Waals surface area contributed by atoms with E-state index >= 15 is 0 Å². The summed E-state index contributed by atoms with van der Waals surface area (Å²) in [7, 11) is 0. The van der Waals surface area contributed by atoms with E-state index in [4.69, 9.17) is 14.6 Å². The summed E-state index contributed by atoms with van der Waals surface area (Å²) in [6.07, 6.45) is 4.84. The molecule has 0 aromatic heterocycles. The Kier molecular flexibility index (Phi) is 11.5. The molecule has 0 amide bonds. The van der Waals surface area contributed by atoms with Crippen LogP contribution in [0.1, 0.15) is 64.5 Å². The second-order valence-electron chi connectivity index (χ2n) is 9.64. The van der Waals surface area contributed by atoms with Crippen molar-refractivity contribution < 1.29 is 35.0 Å². The van der Waals surface area contributed by atoms with Crippen LogP contribution < -0.4 is 4.74 Å². The van der Waals surface area contributed by atoms with E-state index in [0.29, 0.717) is 17.7 Å². The van der Waals surface area contributed by atoms with Gasteiger partial charge >= 0.3 is 0 Å². The lowest BCUT2D eigenvalue weighted by molar-refractivity contribution is -0.268. The van der Waals surface area contributed by atoms with E-state index in [1.807, 2.05) is 6.92 Å². The molecule has 35 heavy (non-hydrogen) atoms. The minimum atomic E-state index is -1.40. The van der Waals surface area contributed by atoms with E-state index in [9.17, 15) is 20.4 Å². The molecule has 1 aromatic rings. The van der Waals surface area contributed by atoms with Gasteiger partial charge in [0.05, 0.1) is 12.7 Å². The Morgan fingerprint density at radius 2 is 1.51 bits per heavy atom. The Morgan fingerprint density at radius 3 is 2.14 bits per heavy atom. The molecular weight excluding hydrogens is 448 g/mol. The molecule has 1 fully saturated rings. The Morgan fingerprint density at radius 1 is 0.914 bits per heavy atom. The summed E-state index contributed by atoms with van der Waals surface area (Å²) in [5.41, 5.74) is 4.88. The van der Waals surface area contributed by atoms with Crippen molar-refractivity contribution in [3.8, 4) is 11.5 Å². The molecule has 5 atom stereocenters. The van der Waals surface area contributed by atoms with Crippen molar-refractivity contribution >= 4 is 0 Å². The van der Waals surface area contributed by atoms with Crippen LogP contribution in [0.3, 0.4) is 0 Å². The number of phenols is 1. The molecule has 196 valence electrons. The molecule has 0 unspecified atom stereocenters. The van der Waals surface area contributed by atoms with E-state index in [0.717, 1.165) is 36.8 Å². The number of aliphatic hydroxyl groups excluding tert-OH is 4. The van der Waals surface area contributed by atoms with E-state index in [1.54, 1.807) is 26.0 Å². The highest BCUT2D eigenvalue weighted by Gasteiger charge is 2.43. The smallest absolute Gasteiger partial charge is 0.229 e. The number of aromatic hydroxyl groups is 1. The number of aryl methyl sites for hydroxylation is 1. The molecule has 0 saturated carbocycles. The Bertz CT molecular complexity index is 918. The maximum Gasteiger partial charge on any atom is 0.229 e. The Balaban J connectivity index is 2.02. The zero-order valence-corrected chi connectivity index (χ0v) is 21.6. The van der Waals surface area contributed by atoms with Gasteiger partial charge in [-0.05, 0) is 84.4 Å².